The molecule has 8 nitrogen and oxygen atoms in total. The van der Waals surface area contributed by atoms with Crippen LogP contribution in [0.2, 0.25) is 0 Å². The number of benzene rings is 3. The van der Waals surface area contributed by atoms with Crippen molar-refractivity contribution in [3.63, 3.8) is 0 Å². The molecular weight excluding hydrogens is 596 g/mol. The molecule has 208 valence electrons. The number of aryl methyl sites for hydroxylation is 1. The van der Waals surface area contributed by atoms with Gasteiger partial charge in [0.15, 0.2) is 12.4 Å². The molecule has 40 heavy (non-hydrogen) atoms. The van der Waals surface area contributed by atoms with Crippen LogP contribution in [0.25, 0.3) is 10.8 Å². The van der Waals surface area contributed by atoms with Crippen LogP contribution in [0.4, 0.5) is 16.2 Å². The molecule has 0 bridgehead atoms. The van der Waals surface area contributed by atoms with Crippen LogP contribution >= 0.6 is 15.9 Å². The number of fused-ring (bicyclic) bond motifs is 1. The quantitative estimate of drug-likeness (QED) is 0.186. The standard InChI is InChI=1S/C30H29BrN4O4.ClH/c1-2-15-35-19-23(18-24(31)20-35)29(37)33-25-12-10-21(11-13-25)17-28(36)32-14-16-39-30(38)34-27-9-5-7-22-6-3-4-8-26(22)27;/h3-13,18-20H,2,14-17H2,1H3,(H2-,32,33,34,36,37,38);1H. The molecule has 3 amide bonds. The Balaban J connectivity index is 0.00000441. The van der Waals surface area contributed by atoms with Crippen LogP contribution in [0.3, 0.4) is 0 Å². The predicted molar refractivity (Wildman–Crippen MR) is 155 cm³/mol. The molecule has 0 spiro atoms. The Hall–Kier alpha value is -3.95. The smallest absolute Gasteiger partial charge is 0.411 e. The van der Waals surface area contributed by atoms with E-state index in [1.165, 1.54) is 0 Å². The minimum Gasteiger partial charge on any atom is -1.00 e. The second-order valence-corrected chi connectivity index (χ2v) is 9.86. The number of nitrogens with zero attached hydrogens (tertiary/aromatic N) is 1. The molecule has 0 unspecified atom stereocenters. The molecule has 0 radical (unpaired) electrons. The highest BCUT2D eigenvalue weighted by molar-refractivity contribution is 9.10. The molecule has 10 heteroatoms. The number of aromatic nitrogens is 1. The SMILES string of the molecule is CCC[n+]1cc(Br)cc(C(=O)Nc2ccc(CC(=O)NCCOC(=O)Nc3cccc4ccccc34)cc2)c1.[Cl-]. The summed E-state index contributed by atoms with van der Waals surface area (Å²) in [5.41, 5.74) is 2.65. The maximum atomic E-state index is 12.7. The molecule has 0 aliphatic heterocycles. The highest BCUT2D eigenvalue weighted by Crippen LogP contribution is 2.23. The highest BCUT2D eigenvalue weighted by Gasteiger charge is 2.13. The van der Waals surface area contributed by atoms with Gasteiger partial charge in [-0.05, 0) is 51.1 Å². The van der Waals surface area contributed by atoms with Gasteiger partial charge in [-0.25, -0.2) is 9.36 Å². The summed E-state index contributed by atoms with van der Waals surface area (Å²) in [4.78, 5) is 37.2. The minimum absolute atomic E-state index is 0. The number of nitrogens with one attached hydrogen (secondary N) is 3. The van der Waals surface area contributed by atoms with E-state index in [0.717, 1.165) is 33.8 Å². The van der Waals surface area contributed by atoms with Gasteiger partial charge in [-0.3, -0.25) is 14.9 Å². The summed E-state index contributed by atoms with van der Waals surface area (Å²) >= 11 is 3.45. The molecule has 0 saturated carbocycles. The first-order valence-corrected chi connectivity index (χ1v) is 13.5. The van der Waals surface area contributed by atoms with Gasteiger partial charge in [-0.2, -0.15) is 0 Å². The number of anilines is 2. The fourth-order valence-electron chi connectivity index (χ4n) is 4.08. The van der Waals surface area contributed by atoms with Crippen molar-refractivity contribution < 1.29 is 36.1 Å². The second-order valence-electron chi connectivity index (χ2n) is 8.95. The van der Waals surface area contributed by atoms with Crippen LogP contribution in [0.5, 0.6) is 0 Å². The van der Waals surface area contributed by atoms with E-state index in [0.29, 0.717) is 16.9 Å². The third-order valence-corrected chi connectivity index (χ3v) is 6.33. The lowest BCUT2D eigenvalue weighted by molar-refractivity contribution is -0.697. The summed E-state index contributed by atoms with van der Waals surface area (Å²) in [5.74, 6) is -0.407. The molecule has 3 N–H and O–H groups in total. The summed E-state index contributed by atoms with van der Waals surface area (Å²) in [6.45, 7) is 3.14. The number of hydrogen-bond donors (Lipinski definition) is 3. The normalized spacial score (nSPS) is 10.3. The number of hydrogen-bond acceptors (Lipinski definition) is 4. The van der Waals surface area contributed by atoms with Crippen molar-refractivity contribution in [2.45, 2.75) is 26.3 Å². The molecule has 3 aromatic carbocycles. The van der Waals surface area contributed by atoms with Gasteiger partial charge in [0.2, 0.25) is 5.91 Å². The van der Waals surface area contributed by atoms with Crippen LogP contribution < -0.4 is 32.9 Å². The van der Waals surface area contributed by atoms with Crippen molar-refractivity contribution in [2.24, 2.45) is 0 Å². The third-order valence-electron chi connectivity index (χ3n) is 5.89. The Morgan fingerprint density at radius 2 is 1.68 bits per heavy atom. The molecule has 0 aliphatic carbocycles. The number of pyridine rings is 1. The third kappa shape index (κ3) is 8.79. The fourth-order valence-corrected chi connectivity index (χ4v) is 4.59. The maximum absolute atomic E-state index is 12.7. The first kappa shape index (κ1) is 30.6. The summed E-state index contributed by atoms with van der Waals surface area (Å²) in [6, 6.07) is 22.3. The van der Waals surface area contributed by atoms with Gasteiger partial charge in [0.05, 0.1) is 23.1 Å². The number of halogens is 2. The summed E-state index contributed by atoms with van der Waals surface area (Å²) in [5, 5.41) is 10.3. The van der Waals surface area contributed by atoms with Crippen molar-refractivity contribution in [2.75, 3.05) is 23.8 Å². The van der Waals surface area contributed by atoms with Gasteiger partial charge in [-0.15, -0.1) is 0 Å². The van der Waals surface area contributed by atoms with E-state index in [1.54, 1.807) is 30.3 Å². The Bertz CT molecular complexity index is 1480. The Morgan fingerprint density at radius 3 is 2.45 bits per heavy atom. The van der Waals surface area contributed by atoms with Gasteiger partial charge in [0.25, 0.3) is 5.91 Å². The highest BCUT2D eigenvalue weighted by atomic mass is 79.9. The molecule has 4 aromatic rings. The van der Waals surface area contributed by atoms with Crippen LogP contribution in [-0.4, -0.2) is 31.1 Å². The molecule has 1 aromatic heterocycles. The van der Waals surface area contributed by atoms with Crippen molar-refractivity contribution >= 4 is 56.0 Å². The van der Waals surface area contributed by atoms with Crippen LogP contribution in [-0.2, 0) is 22.5 Å². The second kappa shape index (κ2) is 15.0. The monoisotopic (exact) mass is 624 g/mol. The summed E-state index contributed by atoms with van der Waals surface area (Å²) in [6.07, 6.45) is 4.30. The van der Waals surface area contributed by atoms with Crippen molar-refractivity contribution in [1.82, 2.24) is 5.32 Å². The maximum Gasteiger partial charge on any atom is 0.411 e. The van der Waals surface area contributed by atoms with Gasteiger partial charge in [0.1, 0.15) is 18.7 Å². The molecule has 0 aliphatic rings. The molecule has 0 atom stereocenters. The first-order valence-electron chi connectivity index (χ1n) is 12.7. The van der Waals surface area contributed by atoms with E-state index in [4.69, 9.17) is 4.74 Å². The average Bonchev–Trinajstić information content (AvgIpc) is 2.92. The van der Waals surface area contributed by atoms with Gasteiger partial charge >= 0.3 is 6.09 Å². The molecule has 1 heterocycles. The molecule has 4 rings (SSSR count). The van der Waals surface area contributed by atoms with E-state index in [-0.39, 0.29) is 43.8 Å². The van der Waals surface area contributed by atoms with E-state index in [9.17, 15) is 14.4 Å². The van der Waals surface area contributed by atoms with Crippen LogP contribution in [0.15, 0.2) is 89.7 Å². The molecular formula is C30H30BrClN4O4. The zero-order valence-corrected chi connectivity index (χ0v) is 24.3. The van der Waals surface area contributed by atoms with E-state index in [1.807, 2.05) is 59.4 Å². The van der Waals surface area contributed by atoms with E-state index >= 15 is 0 Å². The first-order chi connectivity index (χ1) is 18.9. The van der Waals surface area contributed by atoms with Crippen LogP contribution in [0, 0.1) is 0 Å². The number of carbonyl (C=O) groups is 3. The number of ether oxygens (including phenoxy) is 1. The zero-order chi connectivity index (χ0) is 27.6. The number of amides is 3. The average molecular weight is 626 g/mol. The minimum atomic E-state index is -0.582. The summed E-state index contributed by atoms with van der Waals surface area (Å²) < 4.78 is 8.01. The number of rotatable bonds is 10. The zero-order valence-electron chi connectivity index (χ0n) is 22.0. The Morgan fingerprint density at radius 1 is 0.925 bits per heavy atom. The molecule has 0 saturated heterocycles. The Kier molecular flexibility index (Phi) is 11.5. The van der Waals surface area contributed by atoms with E-state index in [2.05, 4.69) is 38.8 Å². The largest absolute Gasteiger partial charge is 1.00 e. The van der Waals surface area contributed by atoms with Gasteiger partial charge in [0, 0.05) is 17.5 Å². The van der Waals surface area contributed by atoms with Gasteiger partial charge in [-0.1, -0.05) is 55.5 Å². The summed E-state index contributed by atoms with van der Waals surface area (Å²) in [7, 11) is 0. The van der Waals surface area contributed by atoms with Crippen LogP contribution in [0.1, 0.15) is 29.3 Å². The Labute approximate surface area is 247 Å². The van der Waals surface area contributed by atoms with Crippen molar-refractivity contribution in [1.29, 1.82) is 0 Å². The van der Waals surface area contributed by atoms with Crippen molar-refractivity contribution in [3.05, 3.63) is 101 Å². The lowest BCUT2D eigenvalue weighted by Crippen LogP contribution is -3.00. The lowest BCUT2D eigenvalue weighted by Gasteiger charge is -2.10. The lowest BCUT2D eigenvalue weighted by atomic mass is 10.1. The predicted octanol–water partition coefficient (Wildman–Crippen LogP) is 2.46. The topological polar surface area (TPSA) is 100 Å². The van der Waals surface area contributed by atoms with Gasteiger partial charge < -0.3 is 27.8 Å². The van der Waals surface area contributed by atoms with E-state index < -0.39 is 6.09 Å². The van der Waals surface area contributed by atoms with Crippen molar-refractivity contribution in [3.8, 4) is 0 Å². The fraction of sp³-hybridized carbons (Fsp3) is 0.200. The number of carbonyl (C=O) groups excluding carboxylic acids is 3. The molecule has 0 fully saturated rings.